The fourth-order valence-electron chi connectivity index (χ4n) is 2.70. The number of nitrogens with one attached hydrogen (secondary N) is 1. The lowest BCUT2D eigenvalue weighted by Gasteiger charge is -2.23. The number of hydrogen-bond donors (Lipinski definition) is 2. The first-order valence-electron chi connectivity index (χ1n) is 7.09. The van der Waals surface area contributed by atoms with Crippen LogP contribution in [0.2, 0.25) is 0 Å². The Labute approximate surface area is 129 Å². The molecule has 0 aliphatic carbocycles. The molecule has 3 N–H and O–H groups in total. The highest BCUT2D eigenvalue weighted by Gasteiger charge is 2.34. The lowest BCUT2D eigenvalue weighted by molar-refractivity contribution is -0.124. The molecule has 1 heterocycles. The second-order valence-corrected chi connectivity index (χ2v) is 5.09. The summed E-state index contributed by atoms with van der Waals surface area (Å²) < 4.78 is 10.3. The minimum atomic E-state index is -0.497. The van der Waals surface area contributed by atoms with Gasteiger partial charge in [0.05, 0.1) is 0 Å². The molecule has 7 nitrogen and oxygen atoms in total. The first kappa shape index (κ1) is 16.4. The van der Waals surface area contributed by atoms with Gasteiger partial charge in [0.2, 0.25) is 0 Å². The first-order chi connectivity index (χ1) is 10.6. The van der Waals surface area contributed by atoms with Gasteiger partial charge in [-0.3, -0.25) is 15.0 Å². The molecule has 120 valence electrons. The van der Waals surface area contributed by atoms with Crippen molar-refractivity contribution in [2.45, 2.75) is 25.2 Å². The third-order valence-corrected chi connectivity index (χ3v) is 3.82. The largest absolute Gasteiger partial charge is 0.352 e. The Hall–Kier alpha value is -1.96. The summed E-state index contributed by atoms with van der Waals surface area (Å²) in [7, 11) is 3.10. The molecule has 1 saturated heterocycles. The molecule has 1 fully saturated rings. The maximum Gasteiger partial charge on any atom is 0.256 e. The van der Waals surface area contributed by atoms with Crippen LogP contribution in [0.3, 0.4) is 0 Å². The van der Waals surface area contributed by atoms with Crippen molar-refractivity contribution in [3.63, 3.8) is 0 Å². The van der Waals surface area contributed by atoms with Crippen LogP contribution in [0.25, 0.3) is 0 Å². The number of carbonyl (C=O) groups is 2. The molecule has 1 aliphatic heterocycles. The number of ether oxygens (including phenoxy) is 2. The zero-order chi connectivity index (χ0) is 16.1. The summed E-state index contributed by atoms with van der Waals surface area (Å²) in [6, 6.07) is 6.47. The maximum atomic E-state index is 12.5. The molecule has 0 aromatic heterocycles. The third-order valence-electron chi connectivity index (χ3n) is 3.82. The molecular weight excluding hydrogens is 286 g/mol. The minimum Gasteiger partial charge on any atom is -0.352 e. The molecule has 0 saturated carbocycles. The van der Waals surface area contributed by atoms with E-state index >= 15 is 0 Å². The van der Waals surface area contributed by atoms with Crippen molar-refractivity contribution in [2.24, 2.45) is 5.84 Å². The van der Waals surface area contributed by atoms with E-state index in [0.717, 1.165) is 12.0 Å². The second kappa shape index (κ2) is 7.35. The van der Waals surface area contributed by atoms with Crippen LogP contribution in [0.4, 0.5) is 0 Å². The van der Waals surface area contributed by atoms with Crippen molar-refractivity contribution < 1.29 is 19.1 Å². The number of carbonyl (C=O) groups excluding carboxylic acids is 2. The standard InChI is InChI=1S/C15H21N3O4/c1-21-15(22-2)11-7-5-10(6-8-11)14(20)18-9-3-4-12(18)13(19)17-16/h5-8,12,15H,3-4,9,16H2,1-2H3,(H,17,19)/t12-/m0/s1. The summed E-state index contributed by atoms with van der Waals surface area (Å²) in [4.78, 5) is 25.8. The Balaban J connectivity index is 2.14. The summed E-state index contributed by atoms with van der Waals surface area (Å²) in [5, 5.41) is 0. The third kappa shape index (κ3) is 3.27. The van der Waals surface area contributed by atoms with Gasteiger partial charge in [0.15, 0.2) is 6.29 Å². The normalized spacial score (nSPS) is 17.8. The van der Waals surface area contributed by atoms with Crippen LogP contribution in [-0.4, -0.2) is 43.5 Å². The molecule has 1 aromatic rings. The topological polar surface area (TPSA) is 93.9 Å². The van der Waals surface area contributed by atoms with Gasteiger partial charge in [-0.2, -0.15) is 0 Å². The zero-order valence-corrected chi connectivity index (χ0v) is 12.7. The number of hydrogen-bond acceptors (Lipinski definition) is 5. The number of nitrogens with two attached hydrogens (primary N) is 1. The number of amides is 2. The molecule has 22 heavy (non-hydrogen) atoms. The molecule has 0 bridgehead atoms. The second-order valence-electron chi connectivity index (χ2n) is 5.09. The van der Waals surface area contributed by atoms with Crippen LogP contribution in [-0.2, 0) is 14.3 Å². The van der Waals surface area contributed by atoms with Gasteiger partial charge in [0.25, 0.3) is 11.8 Å². The highest BCUT2D eigenvalue weighted by molar-refractivity contribution is 5.97. The van der Waals surface area contributed by atoms with E-state index in [1.54, 1.807) is 43.4 Å². The molecule has 2 amide bonds. The average Bonchev–Trinajstić information content (AvgIpc) is 3.05. The highest BCUT2D eigenvalue weighted by Crippen LogP contribution is 2.22. The Kier molecular flexibility index (Phi) is 5.48. The average molecular weight is 307 g/mol. The van der Waals surface area contributed by atoms with Crippen molar-refractivity contribution in [1.82, 2.24) is 10.3 Å². The fourth-order valence-corrected chi connectivity index (χ4v) is 2.70. The lowest BCUT2D eigenvalue weighted by atomic mass is 10.1. The SMILES string of the molecule is COC(OC)c1ccc(C(=O)N2CCC[C@H]2C(=O)NN)cc1. The molecule has 7 heteroatoms. The van der Waals surface area contributed by atoms with Crippen molar-refractivity contribution >= 4 is 11.8 Å². The predicted octanol–water partition coefficient (Wildman–Crippen LogP) is 0.573. The highest BCUT2D eigenvalue weighted by atomic mass is 16.7. The van der Waals surface area contributed by atoms with E-state index in [1.165, 1.54) is 0 Å². The van der Waals surface area contributed by atoms with E-state index in [1.807, 2.05) is 0 Å². The van der Waals surface area contributed by atoms with Gasteiger partial charge in [0, 0.05) is 31.9 Å². The van der Waals surface area contributed by atoms with Gasteiger partial charge in [-0.25, -0.2) is 5.84 Å². The number of rotatable bonds is 5. The monoisotopic (exact) mass is 307 g/mol. The van der Waals surface area contributed by atoms with Crippen LogP contribution in [0.15, 0.2) is 24.3 Å². The van der Waals surface area contributed by atoms with E-state index in [4.69, 9.17) is 15.3 Å². The number of methoxy groups -OCH3 is 2. The van der Waals surface area contributed by atoms with E-state index < -0.39 is 12.3 Å². The molecule has 2 rings (SSSR count). The Morgan fingerprint density at radius 3 is 2.45 bits per heavy atom. The van der Waals surface area contributed by atoms with E-state index in [9.17, 15) is 9.59 Å². The Bertz CT molecular complexity index is 528. The van der Waals surface area contributed by atoms with Gasteiger partial charge in [0.1, 0.15) is 6.04 Å². The van der Waals surface area contributed by atoms with Crippen LogP contribution in [0.5, 0.6) is 0 Å². The van der Waals surface area contributed by atoms with Crippen LogP contribution < -0.4 is 11.3 Å². The maximum absolute atomic E-state index is 12.5. The van der Waals surface area contributed by atoms with E-state index in [0.29, 0.717) is 18.5 Å². The summed E-state index contributed by atoms with van der Waals surface area (Å²) >= 11 is 0. The molecule has 1 aliphatic rings. The van der Waals surface area contributed by atoms with Gasteiger partial charge >= 0.3 is 0 Å². The van der Waals surface area contributed by atoms with Gasteiger partial charge in [-0.1, -0.05) is 12.1 Å². The summed E-state index contributed by atoms with van der Waals surface area (Å²) in [5.74, 6) is 4.66. The summed E-state index contributed by atoms with van der Waals surface area (Å²) in [6.07, 6.45) is 0.950. The van der Waals surface area contributed by atoms with Crippen molar-refractivity contribution in [1.29, 1.82) is 0 Å². The predicted molar refractivity (Wildman–Crippen MR) is 79.6 cm³/mol. The summed E-state index contributed by atoms with van der Waals surface area (Å²) in [6.45, 7) is 0.553. The van der Waals surface area contributed by atoms with Crippen LogP contribution >= 0.6 is 0 Å². The Morgan fingerprint density at radius 2 is 1.91 bits per heavy atom. The number of likely N-dealkylation sites (tertiary alicyclic amines) is 1. The van der Waals surface area contributed by atoms with Crippen molar-refractivity contribution in [3.05, 3.63) is 35.4 Å². The fraction of sp³-hybridized carbons (Fsp3) is 0.467. The molecular formula is C15H21N3O4. The van der Waals surface area contributed by atoms with Crippen molar-refractivity contribution in [3.8, 4) is 0 Å². The van der Waals surface area contributed by atoms with E-state index in [-0.39, 0.29) is 11.8 Å². The van der Waals surface area contributed by atoms with Gasteiger partial charge in [-0.05, 0) is 25.0 Å². The van der Waals surface area contributed by atoms with Gasteiger partial charge < -0.3 is 14.4 Å². The van der Waals surface area contributed by atoms with E-state index in [2.05, 4.69) is 5.43 Å². The molecule has 0 unspecified atom stereocenters. The lowest BCUT2D eigenvalue weighted by Crippen LogP contribution is -2.48. The minimum absolute atomic E-state index is 0.177. The zero-order valence-electron chi connectivity index (χ0n) is 12.7. The van der Waals surface area contributed by atoms with Crippen LogP contribution in [0.1, 0.15) is 35.1 Å². The Morgan fingerprint density at radius 1 is 1.27 bits per heavy atom. The number of benzene rings is 1. The quantitative estimate of drug-likeness (QED) is 0.359. The van der Waals surface area contributed by atoms with Crippen molar-refractivity contribution in [2.75, 3.05) is 20.8 Å². The number of hydrazine groups is 1. The summed E-state index contributed by atoms with van der Waals surface area (Å²) in [5.41, 5.74) is 3.46. The molecule has 0 radical (unpaired) electrons. The number of nitrogens with zero attached hydrogens (tertiary/aromatic N) is 1. The van der Waals surface area contributed by atoms with Gasteiger partial charge in [-0.15, -0.1) is 0 Å². The first-order valence-corrected chi connectivity index (χ1v) is 7.09. The smallest absolute Gasteiger partial charge is 0.256 e. The molecule has 1 aromatic carbocycles. The molecule has 0 spiro atoms. The van der Waals surface area contributed by atoms with Crippen LogP contribution in [0, 0.1) is 0 Å². The molecule has 1 atom stereocenters.